The second-order valence-corrected chi connectivity index (χ2v) is 9.40. The summed E-state index contributed by atoms with van der Waals surface area (Å²) >= 11 is 6.53. The number of aromatic hydroxyl groups is 1. The van der Waals surface area contributed by atoms with Gasteiger partial charge in [0.2, 0.25) is 0 Å². The Morgan fingerprint density at radius 3 is 2.63 bits per heavy atom. The summed E-state index contributed by atoms with van der Waals surface area (Å²) in [5, 5.41) is 14.2. The zero-order chi connectivity index (χ0) is 22.2. The van der Waals surface area contributed by atoms with Gasteiger partial charge >= 0.3 is 0 Å². The topological polar surface area (TPSA) is 74.2 Å². The number of amides is 1. The van der Waals surface area contributed by atoms with Gasteiger partial charge in [0.05, 0.1) is 28.9 Å². The van der Waals surface area contributed by atoms with E-state index in [2.05, 4.69) is 81.2 Å². The molecule has 0 radical (unpaired) electrons. The number of phenols is 1. The highest BCUT2D eigenvalue weighted by Gasteiger charge is 2.29. The smallest absolute Gasteiger partial charge is 0.275 e. The molecule has 0 aliphatic carbocycles. The van der Waals surface area contributed by atoms with Gasteiger partial charge in [0, 0.05) is 34.4 Å². The molecule has 0 spiro atoms. The molecule has 0 bridgehead atoms. The summed E-state index contributed by atoms with van der Waals surface area (Å²) in [6, 6.07) is 7.15. The summed E-state index contributed by atoms with van der Waals surface area (Å²) in [5.74, 6) is -0.0268. The molecular weight excluding hydrogens is 514 g/mol. The maximum Gasteiger partial charge on any atom is 0.275 e. The Morgan fingerprint density at radius 2 is 1.97 bits per heavy atom. The van der Waals surface area contributed by atoms with Crippen molar-refractivity contribution >= 4 is 55.2 Å². The summed E-state index contributed by atoms with van der Waals surface area (Å²) in [4.78, 5) is 14.6. The highest BCUT2D eigenvalue weighted by atomic mass is 79.9. The van der Waals surface area contributed by atoms with E-state index in [0.717, 1.165) is 16.8 Å². The van der Waals surface area contributed by atoms with Crippen molar-refractivity contribution in [3.05, 3.63) is 56.0 Å². The summed E-state index contributed by atoms with van der Waals surface area (Å²) in [6.07, 6.45) is 3.76. The SMILES string of the molecule is COc1cc2c(cc1/C=N\NC(=O)c1cc(Br)cc(Br)c1O)C(C)=CC(C)(C)N2C. The normalized spacial score (nSPS) is 15.0. The van der Waals surface area contributed by atoms with E-state index < -0.39 is 5.91 Å². The minimum Gasteiger partial charge on any atom is -0.506 e. The van der Waals surface area contributed by atoms with Crippen molar-refractivity contribution in [1.29, 1.82) is 0 Å². The van der Waals surface area contributed by atoms with Crippen LogP contribution >= 0.6 is 31.9 Å². The molecule has 30 heavy (non-hydrogen) atoms. The largest absolute Gasteiger partial charge is 0.506 e. The number of allylic oxidation sites excluding steroid dienone is 1. The first-order valence-electron chi connectivity index (χ1n) is 9.22. The van der Waals surface area contributed by atoms with E-state index >= 15 is 0 Å². The number of hydrogen-bond acceptors (Lipinski definition) is 5. The van der Waals surface area contributed by atoms with Crippen LogP contribution in [0, 0.1) is 0 Å². The van der Waals surface area contributed by atoms with Crippen molar-refractivity contribution in [2.75, 3.05) is 19.1 Å². The number of halogens is 2. The molecule has 2 N–H and O–H groups in total. The fourth-order valence-corrected chi connectivity index (χ4v) is 4.66. The molecule has 0 saturated heterocycles. The van der Waals surface area contributed by atoms with Crippen molar-refractivity contribution in [3.63, 3.8) is 0 Å². The van der Waals surface area contributed by atoms with Crippen molar-refractivity contribution in [2.45, 2.75) is 26.3 Å². The van der Waals surface area contributed by atoms with Crippen molar-refractivity contribution in [3.8, 4) is 11.5 Å². The Kier molecular flexibility index (Phi) is 6.29. The Bertz CT molecular complexity index is 1080. The third-order valence-corrected chi connectivity index (χ3v) is 6.27. The van der Waals surface area contributed by atoms with Gasteiger partial charge < -0.3 is 14.7 Å². The lowest BCUT2D eigenvalue weighted by Gasteiger charge is -2.40. The van der Waals surface area contributed by atoms with Crippen LogP contribution in [0.25, 0.3) is 5.57 Å². The average molecular weight is 537 g/mol. The standard InChI is InChI=1S/C22H23Br2N3O3/c1-12-10-22(2,3)27(4)18-9-19(30-5)13(6-15(12)18)11-25-26-21(29)16-7-14(23)8-17(24)20(16)28/h6-11,28H,1-5H3,(H,26,29)/b25-11-. The molecular formula is C22H23Br2N3O3. The summed E-state index contributed by atoms with van der Waals surface area (Å²) in [7, 11) is 3.66. The molecule has 0 saturated carbocycles. The number of methoxy groups -OCH3 is 1. The lowest BCUT2D eigenvalue weighted by Crippen LogP contribution is -2.42. The van der Waals surface area contributed by atoms with Gasteiger partial charge in [0.1, 0.15) is 11.5 Å². The number of nitrogens with one attached hydrogen (secondary N) is 1. The van der Waals surface area contributed by atoms with Crippen LogP contribution in [0.15, 0.2) is 44.4 Å². The second-order valence-electron chi connectivity index (χ2n) is 7.63. The van der Waals surface area contributed by atoms with Gasteiger partial charge in [-0.15, -0.1) is 0 Å². The maximum atomic E-state index is 12.4. The monoisotopic (exact) mass is 535 g/mol. The Balaban J connectivity index is 1.90. The molecule has 2 aromatic carbocycles. The third-order valence-electron chi connectivity index (χ3n) is 5.21. The van der Waals surface area contributed by atoms with Crippen LogP contribution in [0.2, 0.25) is 0 Å². The number of phenolic OH excluding ortho intramolecular Hbond substituents is 1. The van der Waals surface area contributed by atoms with Gasteiger partial charge in [-0.05, 0) is 60.5 Å². The molecule has 0 unspecified atom stereocenters. The van der Waals surface area contributed by atoms with Gasteiger partial charge in [-0.2, -0.15) is 5.10 Å². The third kappa shape index (κ3) is 4.25. The van der Waals surface area contributed by atoms with Crippen molar-refractivity contribution in [2.24, 2.45) is 5.10 Å². The highest BCUT2D eigenvalue weighted by molar-refractivity contribution is 9.11. The first-order valence-corrected chi connectivity index (χ1v) is 10.8. The first kappa shape index (κ1) is 22.4. The summed E-state index contributed by atoms with van der Waals surface area (Å²) in [5.41, 5.74) is 6.51. The zero-order valence-corrected chi connectivity index (χ0v) is 20.6. The molecule has 0 fully saturated rings. The van der Waals surface area contributed by atoms with Crippen LogP contribution in [0.3, 0.4) is 0 Å². The van der Waals surface area contributed by atoms with Crippen LogP contribution in [0.1, 0.15) is 42.3 Å². The van der Waals surface area contributed by atoms with Crippen LogP contribution in [0.4, 0.5) is 5.69 Å². The van der Waals surface area contributed by atoms with Gasteiger partial charge in [-0.25, -0.2) is 5.43 Å². The van der Waals surface area contributed by atoms with E-state index in [9.17, 15) is 9.90 Å². The van der Waals surface area contributed by atoms with Gasteiger partial charge in [0.15, 0.2) is 0 Å². The number of anilines is 1. The number of benzene rings is 2. The van der Waals surface area contributed by atoms with E-state index in [-0.39, 0.29) is 16.9 Å². The van der Waals surface area contributed by atoms with E-state index in [1.807, 2.05) is 12.1 Å². The number of likely N-dealkylation sites (N-methyl/N-ethyl adjacent to an activating group) is 1. The fourth-order valence-electron chi connectivity index (χ4n) is 3.43. The van der Waals surface area contributed by atoms with Gasteiger partial charge in [0.25, 0.3) is 5.91 Å². The van der Waals surface area contributed by atoms with E-state index in [4.69, 9.17) is 4.74 Å². The van der Waals surface area contributed by atoms with E-state index in [1.165, 1.54) is 17.9 Å². The summed E-state index contributed by atoms with van der Waals surface area (Å²) in [6.45, 7) is 6.40. The predicted molar refractivity (Wildman–Crippen MR) is 128 cm³/mol. The maximum absolute atomic E-state index is 12.4. The quantitative estimate of drug-likeness (QED) is 0.409. The molecule has 2 aromatic rings. The lowest BCUT2D eigenvalue weighted by atomic mass is 9.88. The van der Waals surface area contributed by atoms with Crippen molar-refractivity contribution in [1.82, 2.24) is 5.43 Å². The van der Waals surface area contributed by atoms with Crippen molar-refractivity contribution < 1.29 is 14.6 Å². The first-order chi connectivity index (χ1) is 14.0. The number of ether oxygens (including phenoxy) is 1. The Labute approximate surface area is 192 Å². The van der Waals surface area contributed by atoms with Crippen LogP contribution in [0.5, 0.6) is 11.5 Å². The predicted octanol–water partition coefficient (Wildman–Crippen LogP) is 5.32. The highest BCUT2D eigenvalue weighted by Crippen LogP contribution is 2.40. The number of rotatable bonds is 4. The molecule has 1 amide bonds. The molecule has 158 valence electrons. The molecule has 0 aromatic heterocycles. The van der Waals surface area contributed by atoms with E-state index in [1.54, 1.807) is 13.2 Å². The fraction of sp³-hybridized carbons (Fsp3) is 0.273. The Morgan fingerprint density at radius 1 is 1.27 bits per heavy atom. The average Bonchev–Trinajstić information content (AvgIpc) is 2.68. The molecule has 8 heteroatoms. The van der Waals surface area contributed by atoms with Crippen LogP contribution < -0.4 is 15.1 Å². The van der Waals surface area contributed by atoms with Gasteiger partial charge in [-0.3, -0.25) is 4.79 Å². The number of carbonyl (C=O) groups is 1. The summed E-state index contributed by atoms with van der Waals surface area (Å²) < 4.78 is 6.63. The minimum atomic E-state index is -0.528. The lowest BCUT2D eigenvalue weighted by molar-refractivity contribution is 0.0952. The number of nitrogens with zero attached hydrogens (tertiary/aromatic N) is 2. The Hall–Kier alpha value is -2.32. The van der Waals surface area contributed by atoms with Crippen LogP contribution in [-0.4, -0.2) is 36.9 Å². The number of hydrazone groups is 1. The minimum absolute atomic E-state index is 0.105. The molecule has 6 nitrogen and oxygen atoms in total. The molecule has 3 rings (SSSR count). The number of carbonyl (C=O) groups excluding carboxylic acids is 1. The zero-order valence-electron chi connectivity index (χ0n) is 17.4. The second kappa shape index (κ2) is 8.43. The molecule has 0 atom stereocenters. The molecule has 1 aliphatic heterocycles. The van der Waals surface area contributed by atoms with E-state index in [0.29, 0.717) is 14.7 Å². The number of hydrogen-bond donors (Lipinski definition) is 2. The van der Waals surface area contributed by atoms with Crippen LogP contribution in [-0.2, 0) is 0 Å². The van der Waals surface area contributed by atoms with Gasteiger partial charge in [-0.1, -0.05) is 22.0 Å². The number of fused-ring (bicyclic) bond motifs is 1. The molecule has 1 aliphatic rings. The molecule has 1 heterocycles.